The van der Waals surface area contributed by atoms with Gasteiger partial charge in [-0.1, -0.05) is 23.8 Å². The minimum atomic E-state index is -0.317. The van der Waals surface area contributed by atoms with E-state index in [0.29, 0.717) is 10.8 Å². The molecule has 0 saturated carbocycles. The Bertz CT molecular complexity index is 672. The summed E-state index contributed by atoms with van der Waals surface area (Å²) in [6.45, 7) is 8.02. The molecule has 2 rings (SSSR count). The van der Waals surface area contributed by atoms with Gasteiger partial charge in [0.1, 0.15) is 5.82 Å². The third kappa shape index (κ3) is 3.79. The minimum absolute atomic E-state index is 0.317. The number of aryl methyl sites for hydroxylation is 4. The van der Waals surface area contributed by atoms with Crippen molar-refractivity contribution in [2.24, 2.45) is 0 Å². The van der Waals surface area contributed by atoms with E-state index < -0.39 is 0 Å². The van der Waals surface area contributed by atoms with E-state index >= 15 is 0 Å². The van der Waals surface area contributed by atoms with Crippen LogP contribution in [0.2, 0.25) is 0 Å². The van der Waals surface area contributed by atoms with Crippen LogP contribution in [-0.2, 0) is 0 Å². The average molecular weight is 302 g/mol. The monoisotopic (exact) mass is 302 g/mol. The van der Waals surface area contributed by atoms with Crippen molar-refractivity contribution in [1.29, 1.82) is 0 Å². The molecule has 0 saturated heterocycles. The van der Waals surface area contributed by atoms with Crippen molar-refractivity contribution in [2.45, 2.75) is 27.7 Å². The molecular formula is C17H19FN2S. The first-order valence-corrected chi connectivity index (χ1v) is 7.19. The van der Waals surface area contributed by atoms with E-state index in [0.717, 1.165) is 22.4 Å². The van der Waals surface area contributed by atoms with Crippen LogP contribution in [0.5, 0.6) is 0 Å². The Kier molecular flexibility index (Phi) is 4.58. The van der Waals surface area contributed by atoms with Gasteiger partial charge in [0.05, 0.1) is 5.69 Å². The second kappa shape index (κ2) is 6.22. The van der Waals surface area contributed by atoms with Crippen molar-refractivity contribution < 1.29 is 4.39 Å². The molecule has 0 unspecified atom stereocenters. The molecule has 0 spiro atoms. The van der Waals surface area contributed by atoms with Gasteiger partial charge in [0.15, 0.2) is 5.11 Å². The summed E-state index contributed by atoms with van der Waals surface area (Å²) in [6.07, 6.45) is 0. The molecule has 0 aliphatic heterocycles. The minimum Gasteiger partial charge on any atom is -0.332 e. The van der Waals surface area contributed by atoms with Gasteiger partial charge in [0.2, 0.25) is 0 Å². The lowest BCUT2D eigenvalue weighted by atomic mass is 10.1. The van der Waals surface area contributed by atoms with Crippen molar-refractivity contribution in [3.05, 3.63) is 58.4 Å². The lowest BCUT2D eigenvalue weighted by Gasteiger charge is -2.16. The van der Waals surface area contributed by atoms with Crippen molar-refractivity contribution in [1.82, 2.24) is 0 Å². The molecule has 110 valence electrons. The van der Waals surface area contributed by atoms with Crippen LogP contribution in [0.15, 0.2) is 30.3 Å². The maximum atomic E-state index is 13.7. The zero-order valence-electron chi connectivity index (χ0n) is 12.7. The molecule has 0 aliphatic carbocycles. The molecule has 4 heteroatoms. The molecule has 0 bridgehead atoms. The summed E-state index contributed by atoms with van der Waals surface area (Å²) in [5, 5.41) is 6.45. The topological polar surface area (TPSA) is 24.1 Å². The van der Waals surface area contributed by atoms with Crippen LogP contribution in [0.1, 0.15) is 22.3 Å². The molecule has 0 fully saturated rings. The maximum Gasteiger partial charge on any atom is 0.175 e. The summed E-state index contributed by atoms with van der Waals surface area (Å²) in [5.41, 5.74) is 5.76. The first-order valence-electron chi connectivity index (χ1n) is 6.79. The number of hydrogen-bond donors (Lipinski definition) is 2. The van der Waals surface area contributed by atoms with Crippen LogP contribution in [0, 0.1) is 33.5 Å². The predicted molar refractivity (Wildman–Crippen MR) is 91.6 cm³/mol. The van der Waals surface area contributed by atoms with E-state index in [4.69, 9.17) is 12.2 Å². The van der Waals surface area contributed by atoms with Crippen molar-refractivity contribution in [3.8, 4) is 0 Å². The fourth-order valence-corrected chi connectivity index (χ4v) is 2.59. The summed E-state index contributed by atoms with van der Waals surface area (Å²) in [7, 11) is 0. The lowest BCUT2D eigenvalue weighted by Crippen LogP contribution is -2.21. The zero-order chi connectivity index (χ0) is 15.6. The van der Waals surface area contributed by atoms with Gasteiger partial charge in [-0.05, 0) is 68.7 Å². The third-order valence-electron chi connectivity index (χ3n) is 3.29. The van der Waals surface area contributed by atoms with Gasteiger partial charge in [-0.15, -0.1) is 0 Å². The molecule has 21 heavy (non-hydrogen) atoms. The van der Waals surface area contributed by atoms with E-state index in [1.807, 2.05) is 20.8 Å². The Labute approximate surface area is 130 Å². The predicted octanol–water partition coefficient (Wildman–Crippen LogP) is 4.87. The summed E-state index contributed by atoms with van der Waals surface area (Å²) in [5.74, 6) is -0.317. The maximum absolute atomic E-state index is 13.7. The summed E-state index contributed by atoms with van der Waals surface area (Å²) < 4.78 is 13.7. The van der Waals surface area contributed by atoms with Crippen LogP contribution < -0.4 is 10.6 Å². The highest BCUT2D eigenvalue weighted by Crippen LogP contribution is 2.23. The zero-order valence-corrected chi connectivity index (χ0v) is 13.5. The van der Waals surface area contributed by atoms with Gasteiger partial charge in [0, 0.05) is 5.69 Å². The second-order valence-corrected chi connectivity index (χ2v) is 5.74. The van der Waals surface area contributed by atoms with Gasteiger partial charge in [-0.25, -0.2) is 4.39 Å². The lowest BCUT2D eigenvalue weighted by molar-refractivity contribution is 0.632. The number of anilines is 2. The number of hydrogen-bond acceptors (Lipinski definition) is 1. The van der Waals surface area contributed by atoms with Gasteiger partial charge in [-0.2, -0.15) is 0 Å². The Hall–Kier alpha value is -1.94. The number of thiocarbonyl (C=S) groups is 1. The summed E-state index contributed by atoms with van der Waals surface area (Å²) >= 11 is 5.28. The number of rotatable bonds is 2. The summed E-state index contributed by atoms with van der Waals surface area (Å²) in [6, 6.07) is 9.07. The third-order valence-corrected chi connectivity index (χ3v) is 3.49. The highest BCUT2D eigenvalue weighted by atomic mass is 32.1. The average Bonchev–Trinajstić information content (AvgIpc) is 2.38. The largest absolute Gasteiger partial charge is 0.332 e. The van der Waals surface area contributed by atoms with Gasteiger partial charge >= 0.3 is 0 Å². The van der Waals surface area contributed by atoms with E-state index in [9.17, 15) is 4.39 Å². The molecular weight excluding hydrogens is 283 g/mol. The molecule has 2 aromatic carbocycles. The van der Waals surface area contributed by atoms with Gasteiger partial charge < -0.3 is 10.6 Å². The molecule has 2 N–H and O–H groups in total. The Morgan fingerprint density at radius 3 is 2.14 bits per heavy atom. The first kappa shape index (κ1) is 15.4. The van der Waals surface area contributed by atoms with Crippen LogP contribution in [-0.4, -0.2) is 5.11 Å². The van der Waals surface area contributed by atoms with Crippen LogP contribution in [0.25, 0.3) is 0 Å². The quantitative estimate of drug-likeness (QED) is 0.774. The molecule has 2 nitrogen and oxygen atoms in total. The molecule has 0 aromatic heterocycles. The molecule has 2 aromatic rings. The van der Waals surface area contributed by atoms with Gasteiger partial charge in [0.25, 0.3) is 0 Å². The van der Waals surface area contributed by atoms with Crippen molar-refractivity contribution in [2.75, 3.05) is 10.6 Å². The fraction of sp³-hybridized carbons (Fsp3) is 0.235. The molecule has 0 atom stereocenters. The fourth-order valence-electron chi connectivity index (χ4n) is 2.38. The van der Waals surface area contributed by atoms with E-state index in [1.165, 1.54) is 11.6 Å². The normalized spacial score (nSPS) is 10.3. The van der Waals surface area contributed by atoms with E-state index in [-0.39, 0.29) is 5.82 Å². The standard InChI is InChI=1S/C17H19FN2S/c1-10-5-6-14(18)15(9-10)19-17(21)20-16-12(3)7-11(2)8-13(16)4/h5-9H,1-4H3,(H2,19,20,21). The Balaban J connectivity index is 2.17. The molecule has 0 heterocycles. The SMILES string of the molecule is Cc1cc(C)c(NC(=S)Nc2cc(C)ccc2F)c(C)c1. The highest BCUT2D eigenvalue weighted by molar-refractivity contribution is 7.80. The highest BCUT2D eigenvalue weighted by Gasteiger charge is 2.08. The second-order valence-electron chi connectivity index (χ2n) is 5.34. The van der Waals surface area contributed by atoms with E-state index in [1.54, 1.807) is 12.1 Å². The summed E-state index contributed by atoms with van der Waals surface area (Å²) in [4.78, 5) is 0. The molecule has 0 radical (unpaired) electrons. The van der Waals surface area contributed by atoms with Crippen LogP contribution in [0.4, 0.5) is 15.8 Å². The first-order chi connectivity index (χ1) is 9.86. The Morgan fingerprint density at radius 2 is 1.52 bits per heavy atom. The van der Waals surface area contributed by atoms with Gasteiger partial charge in [-0.3, -0.25) is 0 Å². The Morgan fingerprint density at radius 1 is 0.905 bits per heavy atom. The van der Waals surface area contributed by atoms with E-state index in [2.05, 4.69) is 29.7 Å². The molecule has 0 amide bonds. The number of benzene rings is 2. The molecule has 0 aliphatic rings. The van der Waals surface area contributed by atoms with Crippen LogP contribution >= 0.6 is 12.2 Å². The number of halogens is 1. The smallest absolute Gasteiger partial charge is 0.175 e. The van der Waals surface area contributed by atoms with Crippen molar-refractivity contribution in [3.63, 3.8) is 0 Å². The number of nitrogens with one attached hydrogen (secondary N) is 2. The van der Waals surface area contributed by atoms with Crippen molar-refractivity contribution >= 4 is 28.7 Å². The van der Waals surface area contributed by atoms with Crippen LogP contribution in [0.3, 0.4) is 0 Å².